The number of hydrogen-bond acceptors (Lipinski definition) is 5. The molecule has 0 aromatic carbocycles. The highest BCUT2D eigenvalue weighted by Crippen LogP contribution is 2.40. The lowest BCUT2D eigenvalue weighted by atomic mass is 9.91. The summed E-state index contributed by atoms with van der Waals surface area (Å²) in [5, 5.41) is 7.80. The molecule has 1 amide bonds. The van der Waals surface area contributed by atoms with Gasteiger partial charge >= 0.3 is 6.18 Å². The largest absolute Gasteiger partial charge is 0.417 e. The predicted molar refractivity (Wildman–Crippen MR) is 92.6 cm³/mol. The zero-order valence-corrected chi connectivity index (χ0v) is 15.3. The number of amides is 1. The van der Waals surface area contributed by atoms with Gasteiger partial charge in [0.25, 0.3) is 11.6 Å². The van der Waals surface area contributed by atoms with Crippen molar-refractivity contribution in [1.82, 2.24) is 24.8 Å². The highest BCUT2D eigenvalue weighted by Gasteiger charge is 2.38. The van der Waals surface area contributed by atoms with Crippen LogP contribution >= 0.6 is 0 Å². The van der Waals surface area contributed by atoms with Crippen LogP contribution < -0.4 is 0 Å². The zero-order valence-electron chi connectivity index (χ0n) is 15.3. The molecular formula is C18H18F3N5O2. The molecule has 0 spiro atoms. The lowest BCUT2D eigenvalue weighted by Crippen LogP contribution is -2.40. The average molecular weight is 393 g/mol. The van der Waals surface area contributed by atoms with Gasteiger partial charge in [-0.3, -0.25) is 9.48 Å². The third-order valence-electron chi connectivity index (χ3n) is 5.04. The molecule has 1 saturated heterocycles. The van der Waals surface area contributed by atoms with E-state index in [0.29, 0.717) is 25.1 Å². The van der Waals surface area contributed by atoms with Crippen LogP contribution in [0.2, 0.25) is 0 Å². The number of nitrogens with zero attached hydrogens (tertiary/aromatic N) is 5. The number of hydrogen-bond donors (Lipinski definition) is 0. The summed E-state index contributed by atoms with van der Waals surface area (Å²) in [5.74, 6) is -0.569. The quantitative estimate of drug-likeness (QED) is 0.668. The second-order valence-electron chi connectivity index (χ2n) is 6.99. The first-order chi connectivity index (χ1) is 13.3. The number of rotatable bonds is 2. The fraction of sp³-hybridized carbons (Fsp3) is 0.444. The molecule has 1 aliphatic heterocycles. The smallest absolute Gasteiger partial charge is 0.337 e. The molecule has 3 aromatic rings. The molecule has 0 bridgehead atoms. The number of likely N-dealkylation sites (tertiary alicyclic amines) is 1. The van der Waals surface area contributed by atoms with Crippen molar-refractivity contribution in [3.05, 3.63) is 41.0 Å². The van der Waals surface area contributed by atoms with E-state index < -0.39 is 11.7 Å². The molecule has 10 heteroatoms. The summed E-state index contributed by atoms with van der Waals surface area (Å²) in [7, 11) is 1.67. The van der Waals surface area contributed by atoms with Gasteiger partial charge in [0.05, 0.1) is 16.6 Å². The van der Waals surface area contributed by atoms with Crippen LogP contribution in [-0.2, 0) is 13.2 Å². The first-order valence-electron chi connectivity index (χ1n) is 8.87. The molecule has 0 aliphatic carbocycles. The molecule has 1 fully saturated rings. The van der Waals surface area contributed by atoms with Gasteiger partial charge in [-0.15, -0.1) is 0 Å². The van der Waals surface area contributed by atoms with Gasteiger partial charge in [0.1, 0.15) is 5.69 Å². The van der Waals surface area contributed by atoms with Gasteiger partial charge < -0.3 is 9.42 Å². The fourth-order valence-corrected chi connectivity index (χ4v) is 3.73. The van der Waals surface area contributed by atoms with Crippen molar-refractivity contribution in [2.24, 2.45) is 7.05 Å². The van der Waals surface area contributed by atoms with Crippen LogP contribution in [0.25, 0.3) is 11.1 Å². The molecule has 4 heterocycles. The van der Waals surface area contributed by atoms with E-state index in [0.717, 1.165) is 6.07 Å². The molecule has 1 aliphatic rings. The fourth-order valence-electron chi connectivity index (χ4n) is 3.73. The summed E-state index contributed by atoms with van der Waals surface area (Å²) >= 11 is 0. The van der Waals surface area contributed by atoms with Crippen LogP contribution in [0.15, 0.2) is 22.9 Å². The normalized spacial score (nSPS) is 18.0. The molecular weight excluding hydrogens is 375 g/mol. The predicted octanol–water partition coefficient (Wildman–Crippen LogP) is 3.30. The van der Waals surface area contributed by atoms with Crippen LogP contribution in [0.3, 0.4) is 0 Å². The molecule has 0 radical (unpaired) electrons. The summed E-state index contributed by atoms with van der Waals surface area (Å²) in [5.41, 5.74) is -0.0887. The van der Waals surface area contributed by atoms with Crippen molar-refractivity contribution in [3.63, 3.8) is 0 Å². The zero-order chi connectivity index (χ0) is 20.1. The van der Waals surface area contributed by atoms with Gasteiger partial charge in [-0.1, -0.05) is 5.16 Å². The number of carbonyl (C=O) groups excluding carboxylic acids is 1. The first-order valence-corrected chi connectivity index (χ1v) is 8.87. The summed E-state index contributed by atoms with van der Waals surface area (Å²) < 4.78 is 47.4. The maximum Gasteiger partial charge on any atom is 0.417 e. The number of alkyl halides is 3. The van der Waals surface area contributed by atoms with Crippen molar-refractivity contribution in [1.29, 1.82) is 0 Å². The number of piperidine rings is 1. The van der Waals surface area contributed by atoms with Gasteiger partial charge in [-0.2, -0.15) is 18.3 Å². The maximum atomic E-state index is 13.6. The Balaban J connectivity index is 1.70. The molecule has 4 rings (SSSR count). The van der Waals surface area contributed by atoms with E-state index in [1.54, 1.807) is 18.0 Å². The maximum absolute atomic E-state index is 13.6. The molecule has 7 nitrogen and oxygen atoms in total. The van der Waals surface area contributed by atoms with Gasteiger partial charge in [-0.05, 0) is 31.9 Å². The highest BCUT2D eigenvalue weighted by atomic mass is 19.4. The SMILES string of the molecule is Cc1cc(C(F)(F)F)c2c([C@@H]3CCCN(C(=O)c4ccnn4C)C3)noc2n1. The number of aryl methyl sites for hydroxylation is 2. The molecule has 28 heavy (non-hydrogen) atoms. The average Bonchev–Trinajstić information content (AvgIpc) is 3.25. The van der Waals surface area contributed by atoms with Gasteiger partial charge in [0.15, 0.2) is 0 Å². The van der Waals surface area contributed by atoms with E-state index in [9.17, 15) is 18.0 Å². The Kier molecular flexibility index (Phi) is 4.35. The van der Waals surface area contributed by atoms with Crippen LogP contribution in [-0.4, -0.2) is 43.8 Å². The molecule has 148 valence electrons. The Morgan fingerprint density at radius 2 is 2.14 bits per heavy atom. The number of aromatic nitrogens is 4. The highest BCUT2D eigenvalue weighted by molar-refractivity contribution is 5.92. The molecule has 1 atom stereocenters. The Bertz CT molecular complexity index is 1040. The summed E-state index contributed by atoms with van der Waals surface area (Å²) in [6.07, 6.45) is -1.75. The van der Waals surface area contributed by atoms with E-state index >= 15 is 0 Å². The first kappa shape index (κ1) is 18.5. The molecule has 3 aromatic heterocycles. The van der Waals surface area contributed by atoms with Gasteiger partial charge in [0, 0.05) is 37.9 Å². The van der Waals surface area contributed by atoms with Crippen molar-refractivity contribution < 1.29 is 22.5 Å². The second kappa shape index (κ2) is 6.61. The Labute approximate surface area is 158 Å². The van der Waals surface area contributed by atoms with Gasteiger partial charge in [-0.25, -0.2) is 4.98 Å². The monoisotopic (exact) mass is 393 g/mol. The Hall–Kier alpha value is -2.91. The van der Waals surface area contributed by atoms with E-state index in [4.69, 9.17) is 4.52 Å². The van der Waals surface area contributed by atoms with Crippen molar-refractivity contribution in [2.75, 3.05) is 13.1 Å². The molecule has 0 saturated carbocycles. The van der Waals surface area contributed by atoms with Crippen molar-refractivity contribution in [3.8, 4) is 0 Å². The minimum absolute atomic E-state index is 0.113. The lowest BCUT2D eigenvalue weighted by Gasteiger charge is -2.32. The minimum atomic E-state index is -4.55. The Morgan fingerprint density at radius 3 is 2.82 bits per heavy atom. The van der Waals surface area contributed by atoms with Gasteiger partial charge in [0.2, 0.25) is 0 Å². The van der Waals surface area contributed by atoms with E-state index in [2.05, 4.69) is 15.2 Å². The summed E-state index contributed by atoms with van der Waals surface area (Å²) in [6.45, 7) is 2.27. The molecule has 0 unspecified atom stereocenters. The van der Waals surface area contributed by atoms with Crippen LogP contribution in [0.1, 0.15) is 46.2 Å². The summed E-state index contributed by atoms with van der Waals surface area (Å²) in [6, 6.07) is 2.62. The number of fused-ring (bicyclic) bond motifs is 1. The van der Waals surface area contributed by atoms with E-state index in [1.165, 1.54) is 17.8 Å². The number of halogens is 3. The number of carbonyl (C=O) groups is 1. The van der Waals surface area contributed by atoms with Crippen molar-refractivity contribution >= 4 is 17.0 Å². The third-order valence-corrected chi connectivity index (χ3v) is 5.04. The minimum Gasteiger partial charge on any atom is -0.337 e. The van der Waals surface area contributed by atoms with Crippen molar-refractivity contribution in [2.45, 2.75) is 31.9 Å². The number of pyridine rings is 1. The summed E-state index contributed by atoms with van der Waals surface area (Å²) in [4.78, 5) is 18.4. The van der Waals surface area contributed by atoms with Crippen LogP contribution in [0.4, 0.5) is 13.2 Å². The van der Waals surface area contributed by atoms with Crippen LogP contribution in [0, 0.1) is 6.92 Å². The second-order valence-corrected chi connectivity index (χ2v) is 6.99. The topological polar surface area (TPSA) is 77.0 Å². The standard InChI is InChI=1S/C18H18F3N5O2/c1-10-8-12(18(19,20)21)14-15(24-28-16(14)23-10)11-4-3-7-26(9-11)17(27)13-5-6-22-25(13)2/h5-6,8,11H,3-4,7,9H2,1-2H3/t11-/m1/s1. The van der Waals surface area contributed by atoms with E-state index in [1.807, 2.05) is 0 Å². The lowest BCUT2D eigenvalue weighted by molar-refractivity contribution is -0.136. The third kappa shape index (κ3) is 3.12. The molecule has 0 N–H and O–H groups in total. The van der Waals surface area contributed by atoms with Crippen LogP contribution in [0.5, 0.6) is 0 Å². The van der Waals surface area contributed by atoms with E-state index in [-0.39, 0.29) is 40.9 Å². The Morgan fingerprint density at radius 1 is 1.36 bits per heavy atom.